The van der Waals surface area contributed by atoms with Gasteiger partial charge in [-0.3, -0.25) is 0 Å². The molecule has 3 rings (SSSR count). The average Bonchev–Trinajstić information content (AvgIpc) is 3.00. The van der Waals surface area contributed by atoms with Crippen LogP contribution in [-0.2, 0) is 0 Å². The third-order valence-electron chi connectivity index (χ3n) is 3.32. The Morgan fingerprint density at radius 1 is 1.17 bits per heavy atom. The Balaban J connectivity index is 2.16. The highest BCUT2D eigenvalue weighted by atomic mass is 19.1. The third kappa shape index (κ3) is 2.64. The van der Waals surface area contributed by atoms with Crippen molar-refractivity contribution in [2.75, 3.05) is 7.11 Å². The fourth-order valence-electron chi connectivity index (χ4n) is 2.21. The number of aromatic nitrogens is 3. The number of aromatic carboxylic acids is 1. The highest BCUT2D eigenvalue weighted by Gasteiger charge is 2.23. The van der Waals surface area contributed by atoms with E-state index in [0.717, 1.165) is 4.68 Å². The zero-order valence-electron chi connectivity index (χ0n) is 12.1. The van der Waals surface area contributed by atoms with Gasteiger partial charge in [0, 0.05) is 5.56 Å². The number of hydrogen-bond acceptors (Lipinski definition) is 4. The molecule has 2 aromatic carbocycles. The van der Waals surface area contributed by atoms with Gasteiger partial charge in [-0.2, -0.15) is 0 Å². The summed E-state index contributed by atoms with van der Waals surface area (Å²) in [5.74, 6) is -1.18. The van der Waals surface area contributed by atoms with Crippen molar-refractivity contribution in [1.29, 1.82) is 0 Å². The molecule has 3 aromatic rings. The summed E-state index contributed by atoms with van der Waals surface area (Å²) in [6.45, 7) is 0. The Kier molecular flexibility index (Phi) is 3.76. The maximum absolute atomic E-state index is 13.9. The lowest BCUT2D eigenvalue weighted by Crippen LogP contribution is -2.09. The number of carbonyl (C=O) groups is 1. The van der Waals surface area contributed by atoms with Crippen LogP contribution in [0.3, 0.4) is 0 Å². The molecular weight excluding hydrogens is 301 g/mol. The number of nitrogens with zero attached hydrogens (tertiary/aromatic N) is 3. The molecule has 0 atom stereocenters. The van der Waals surface area contributed by atoms with Gasteiger partial charge in [-0.1, -0.05) is 17.3 Å². The zero-order valence-corrected chi connectivity index (χ0v) is 12.1. The number of carboxylic acids is 1. The minimum Gasteiger partial charge on any atom is -0.497 e. The molecule has 0 amide bonds. The van der Waals surface area contributed by atoms with Gasteiger partial charge in [-0.25, -0.2) is 13.9 Å². The molecule has 0 saturated heterocycles. The van der Waals surface area contributed by atoms with Gasteiger partial charge in [0.2, 0.25) is 0 Å². The van der Waals surface area contributed by atoms with E-state index in [1.165, 1.54) is 25.3 Å². The first-order valence-corrected chi connectivity index (χ1v) is 6.70. The van der Waals surface area contributed by atoms with Crippen LogP contribution in [0.15, 0.2) is 48.5 Å². The van der Waals surface area contributed by atoms with Crippen LogP contribution in [0.4, 0.5) is 4.39 Å². The molecule has 0 fully saturated rings. The minimum absolute atomic E-state index is 0.0218. The summed E-state index contributed by atoms with van der Waals surface area (Å²) in [4.78, 5) is 11.6. The summed E-state index contributed by atoms with van der Waals surface area (Å²) in [5, 5.41) is 17.2. The van der Waals surface area contributed by atoms with Crippen LogP contribution in [0.2, 0.25) is 0 Å². The van der Waals surface area contributed by atoms with Crippen LogP contribution in [-0.4, -0.2) is 33.2 Å². The molecule has 1 N–H and O–H groups in total. The Labute approximate surface area is 130 Å². The second kappa shape index (κ2) is 5.88. The van der Waals surface area contributed by atoms with Crippen molar-refractivity contribution in [2.24, 2.45) is 0 Å². The topological polar surface area (TPSA) is 77.2 Å². The Morgan fingerprint density at radius 2 is 1.87 bits per heavy atom. The second-order valence-electron chi connectivity index (χ2n) is 4.68. The van der Waals surface area contributed by atoms with Gasteiger partial charge in [0.15, 0.2) is 5.69 Å². The van der Waals surface area contributed by atoms with E-state index in [2.05, 4.69) is 10.3 Å². The fraction of sp³-hybridized carbons (Fsp3) is 0.0625. The molecule has 116 valence electrons. The van der Waals surface area contributed by atoms with Gasteiger partial charge in [0.05, 0.1) is 12.8 Å². The summed E-state index contributed by atoms with van der Waals surface area (Å²) in [7, 11) is 1.53. The summed E-state index contributed by atoms with van der Waals surface area (Å²) in [6, 6.07) is 12.5. The summed E-state index contributed by atoms with van der Waals surface area (Å²) < 4.78 is 20.2. The van der Waals surface area contributed by atoms with Crippen LogP contribution in [0.5, 0.6) is 5.75 Å². The Morgan fingerprint density at radius 3 is 2.48 bits per heavy atom. The van der Waals surface area contributed by atoms with E-state index < -0.39 is 11.8 Å². The van der Waals surface area contributed by atoms with Gasteiger partial charge in [-0.05, 0) is 36.4 Å². The number of ether oxygens (including phenoxy) is 1. The fourth-order valence-corrected chi connectivity index (χ4v) is 2.21. The van der Waals surface area contributed by atoms with Gasteiger partial charge >= 0.3 is 5.97 Å². The van der Waals surface area contributed by atoms with E-state index >= 15 is 0 Å². The van der Waals surface area contributed by atoms with Crippen LogP contribution in [0.25, 0.3) is 16.9 Å². The van der Waals surface area contributed by atoms with Gasteiger partial charge < -0.3 is 9.84 Å². The molecule has 0 radical (unpaired) electrons. The van der Waals surface area contributed by atoms with Crippen molar-refractivity contribution in [3.05, 3.63) is 60.0 Å². The third-order valence-corrected chi connectivity index (χ3v) is 3.32. The lowest BCUT2D eigenvalue weighted by atomic mass is 10.1. The molecule has 0 aliphatic carbocycles. The maximum atomic E-state index is 13.9. The van der Waals surface area contributed by atoms with Gasteiger partial charge in [-0.15, -0.1) is 5.10 Å². The first kappa shape index (κ1) is 14.7. The minimum atomic E-state index is -1.25. The smallest absolute Gasteiger partial charge is 0.357 e. The van der Waals surface area contributed by atoms with Crippen molar-refractivity contribution in [3.63, 3.8) is 0 Å². The van der Waals surface area contributed by atoms with Crippen LogP contribution in [0, 0.1) is 5.82 Å². The number of carboxylic acid groups (broad SMARTS) is 1. The molecule has 6 nitrogen and oxygen atoms in total. The van der Waals surface area contributed by atoms with Gasteiger partial charge in [0.25, 0.3) is 0 Å². The van der Waals surface area contributed by atoms with E-state index in [1.54, 1.807) is 30.3 Å². The predicted octanol–water partition coefficient (Wildman–Crippen LogP) is 2.78. The lowest BCUT2D eigenvalue weighted by Gasteiger charge is -2.06. The number of halogens is 1. The molecule has 7 heteroatoms. The number of rotatable bonds is 4. The van der Waals surface area contributed by atoms with Crippen molar-refractivity contribution in [3.8, 4) is 22.7 Å². The SMILES string of the molecule is COc1ccc(-n2nnc(-c3ccccc3F)c2C(=O)O)cc1. The number of benzene rings is 2. The van der Waals surface area contributed by atoms with E-state index in [-0.39, 0.29) is 17.0 Å². The molecule has 1 aromatic heterocycles. The second-order valence-corrected chi connectivity index (χ2v) is 4.68. The summed E-state index contributed by atoms with van der Waals surface area (Å²) in [6.07, 6.45) is 0. The van der Waals surface area contributed by atoms with Crippen molar-refractivity contribution in [1.82, 2.24) is 15.0 Å². The zero-order chi connectivity index (χ0) is 16.4. The van der Waals surface area contributed by atoms with Crippen molar-refractivity contribution in [2.45, 2.75) is 0 Å². The molecule has 0 bridgehead atoms. The molecule has 0 aliphatic heterocycles. The Bertz CT molecular complexity index is 859. The van der Waals surface area contributed by atoms with Gasteiger partial charge in [0.1, 0.15) is 17.3 Å². The van der Waals surface area contributed by atoms with E-state index in [4.69, 9.17) is 4.74 Å². The monoisotopic (exact) mass is 313 g/mol. The van der Waals surface area contributed by atoms with Crippen LogP contribution < -0.4 is 4.74 Å². The standard InChI is InChI=1S/C16H12FN3O3/c1-23-11-8-6-10(7-9-11)20-15(16(21)22)14(18-19-20)12-4-2-3-5-13(12)17/h2-9H,1H3,(H,21,22). The maximum Gasteiger partial charge on any atom is 0.357 e. The summed E-state index contributed by atoms with van der Waals surface area (Å²) >= 11 is 0. The molecule has 0 saturated carbocycles. The first-order chi connectivity index (χ1) is 11.1. The van der Waals surface area contributed by atoms with E-state index in [0.29, 0.717) is 11.4 Å². The van der Waals surface area contributed by atoms with Crippen LogP contribution >= 0.6 is 0 Å². The first-order valence-electron chi connectivity index (χ1n) is 6.70. The summed E-state index contributed by atoms with van der Waals surface area (Å²) in [5.41, 5.74) is 0.342. The average molecular weight is 313 g/mol. The normalized spacial score (nSPS) is 10.5. The Hall–Kier alpha value is -3.22. The lowest BCUT2D eigenvalue weighted by molar-refractivity contribution is 0.0688. The molecule has 23 heavy (non-hydrogen) atoms. The van der Waals surface area contributed by atoms with Crippen molar-refractivity contribution < 1.29 is 19.0 Å². The van der Waals surface area contributed by atoms with Crippen molar-refractivity contribution >= 4 is 5.97 Å². The number of methoxy groups -OCH3 is 1. The largest absolute Gasteiger partial charge is 0.497 e. The highest BCUT2D eigenvalue weighted by molar-refractivity contribution is 5.93. The number of hydrogen-bond donors (Lipinski definition) is 1. The van der Waals surface area contributed by atoms with E-state index in [9.17, 15) is 14.3 Å². The quantitative estimate of drug-likeness (QED) is 0.801. The molecule has 1 heterocycles. The van der Waals surface area contributed by atoms with Crippen LogP contribution in [0.1, 0.15) is 10.5 Å². The predicted molar refractivity (Wildman–Crippen MR) is 80.3 cm³/mol. The molecule has 0 unspecified atom stereocenters. The highest BCUT2D eigenvalue weighted by Crippen LogP contribution is 2.26. The molecule has 0 spiro atoms. The molecule has 0 aliphatic rings. The molecular formula is C16H12FN3O3. The van der Waals surface area contributed by atoms with E-state index in [1.807, 2.05) is 0 Å².